The van der Waals surface area contributed by atoms with E-state index in [4.69, 9.17) is 15.2 Å². The SMILES string of the molecule is COCCOCC(=O)C[C@@H](CCCN=C(N)N[N+](=O)[O-])C(=O)N[C@@H](CC(C)C)B(O)O.Cl. The second-order valence-electron chi connectivity index (χ2n) is 7.42. The first-order valence-electron chi connectivity index (χ1n) is 10.0. The number of ether oxygens (including phenoxy) is 2. The van der Waals surface area contributed by atoms with Crippen molar-refractivity contribution in [1.29, 1.82) is 0 Å². The Morgan fingerprint density at radius 1 is 1.28 bits per heavy atom. The Hall–Kier alpha value is -2.00. The highest BCUT2D eigenvalue weighted by molar-refractivity contribution is 6.43. The highest BCUT2D eigenvalue weighted by Gasteiger charge is 2.30. The number of methoxy groups -OCH3 is 1. The van der Waals surface area contributed by atoms with Crippen LogP contribution in [0.25, 0.3) is 0 Å². The van der Waals surface area contributed by atoms with Crippen molar-refractivity contribution < 1.29 is 34.1 Å². The zero-order chi connectivity index (χ0) is 23.8. The topological polar surface area (TPSA) is 199 Å². The van der Waals surface area contributed by atoms with E-state index in [1.165, 1.54) is 7.11 Å². The molecule has 1 amide bonds. The molecular formula is C17H35BClN5O8. The maximum absolute atomic E-state index is 12.7. The molecule has 0 aromatic heterocycles. The van der Waals surface area contributed by atoms with Gasteiger partial charge in [-0.3, -0.25) is 9.59 Å². The van der Waals surface area contributed by atoms with E-state index in [1.807, 2.05) is 13.8 Å². The molecule has 0 aliphatic heterocycles. The van der Waals surface area contributed by atoms with Gasteiger partial charge in [-0.1, -0.05) is 19.3 Å². The highest BCUT2D eigenvalue weighted by Crippen LogP contribution is 2.15. The molecule has 0 rings (SSSR count). The van der Waals surface area contributed by atoms with Gasteiger partial charge in [0, 0.05) is 26.0 Å². The second-order valence-corrected chi connectivity index (χ2v) is 7.42. The molecule has 0 unspecified atom stereocenters. The fourth-order valence-electron chi connectivity index (χ4n) is 2.72. The maximum atomic E-state index is 12.7. The van der Waals surface area contributed by atoms with E-state index in [1.54, 1.807) is 5.43 Å². The van der Waals surface area contributed by atoms with Gasteiger partial charge in [0.2, 0.25) is 5.91 Å². The van der Waals surface area contributed by atoms with Crippen LogP contribution in [0.1, 0.15) is 39.5 Å². The molecule has 0 aliphatic carbocycles. The van der Waals surface area contributed by atoms with Gasteiger partial charge in [-0.05, 0) is 25.2 Å². The van der Waals surface area contributed by atoms with Crippen molar-refractivity contribution in [3.8, 4) is 0 Å². The first kappa shape index (κ1) is 32.2. The number of rotatable bonds is 17. The summed E-state index contributed by atoms with van der Waals surface area (Å²) >= 11 is 0. The van der Waals surface area contributed by atoms with E-state index < -0.39 is 29.9 Å². The average Bonchev–Trinajstić information content (AvgIpc) is 2.66. The van der Waals surface area contributed by atoms with E-state index >= 15 is 0 Å². The minimum atomic E-state index is -1.74. The first-order valence-corrected chi connectivity index (χ1v) is 10.0. The van der Waals surface area contributed by atoms with Crippen molar-refractivity contribution in [1.82, 2.24) is 10.7 Å². The quantitative estimate of drug-likeness (QED) is 0.0429. The largest absolute Gasteiger partial charge is 0.475 e. The highest BCUT2D eigenvalue weighted by atomic mass is 35.5. The summed E-state index contributed by atoms with van der Waals surface area (Å²) in [7, 11) is -0.233. The van der Waals surface area contributed by atoms with Crippen LogP contribution >= 0.6 is 12.4 Å². The first-order chi connectivity index (χ1) is 14.6. The number of hydrogen-bond acceptors (Lipinski definition) is 9. The smallest absolute Gasteiger partial charge is 0.426 e. The fraction of sp³-hybridized carbons (Fsp3) is 0.824. The number of guanidine groups is 1. The summed E-state index contributed by atoms with van der Waals surface area (Å²) in [5.74, 6) is -2.68. The lowest BCUT2D eigenvalue weighted by Gasteiger charge is -2.23. The van der Waals surface area contributed by atoms with Crippen LogP contribution in [0.2, 0.25) is 0 Å². The normalized spacial score (nSPS) is 13.1. The van der Waals surface area contributed by atoms with Gasteiger partial charge in [0.1, 0.15) is 6.61 Å². The molecule has 0 aliphatic rings. The predicted octanol–water partition coefficient (Wildman–Crippen LogP) is -0.934. The number of carbonyl (C=O) groups excluding carboxylic acids is 2. The van der Waals surface area contributed by atoms with Gasteiger partial charge >= 0.3 is 7.12 Å². The van der Waals surface area contributed by atoms with Crippen LogP contribution in [0.15, 0.2) is 4.99 Å². The van der Waals surface area contributed by atoms with E-state index in [2.05, 4.69) is 10.3 Å². The van der Waals surface area contributed by atoms with Crippen LogP contribution in [-0.2, 0) is 19.1 Å². The number of hydrazine groups is 1. The van der Waals surface area contributed by atoms with Crippen LogP contribution in [-0.4, -0.2) is 79.3 Å². The molecule has 0 fully saturated rings. The second kappa shape index (κ2) is 18.6. The lowest BCUT2D eigenvalue weighted by atomic mass is 9.74. The summed E-state index contributed by atoms with van der Waals surface area (Å²) in [6.07, 6.45) is 0.798. The number of hydrogen-bond donors (Lipinski definition) is 5. The van der Waals surface area contributed by atoms with Crippen LogP contribution in [0, 0.1) is 22.0 Å². The minimum absolute atomic E-state index is 0. The van der Waals surface area contributed by atoms with E-state index in [0.29, 0.717) is 19.4 Å². The molecule has 0 aromatic carbocycles. The van der Waals surface area contributed by atoms with E-state index in [-0.39, 0.29) is 62.7 Å². The summed E-state index contributed by atoms with van der Waals surface area (Å²) in [6, 6.07) is 0. The van der Waals surface area contributed by atoms with Crippen molar-refractivity contribution in [3.05, 3.63) is 10.1 Å². The Kier molecular flexibility index (Phi) is 18.7. The number of nitrogens with two attached hydrogens (primary N) is 1. The molecule has 0 aromatic rings. The zero-order valence-electron chi connectivity index (χ0n) is 18.7. The van der Waals surface area contributed by atoms with Gasteiger partial charge in [0.05, 0.1) is 19.2 Å². The van der Waals surface area contributed by atoms with Crippen LogP contribution in [0.3, 0.4) is 0 Å². The Balaban J connectivity index is 0. The van der Waals surface area contributed by atoms with Gasteiger partial charge < -0.3 is 30.6 Å². The monoisotopic (exact) mass is 483 g/mol. The summed E-state index contributed by atoms with van der Waals surface area (Å²) in [5.41, 5.74) is 7.05. The van der Waals surface area contributed by atoms with E-state index in [0.717, 1.165) is 0 Å². The lowest BCUT2D eigenvalue weighted by Crippen LogP contribution is -2.49. The average molecular weight is 484 g/mol. The van der Waals surface area contributed by atoms with Crippen molar-refractivity contribution >= 4 is 37.2 Å². The zero-order valence-corrected chi connectivity index (χ0v) is 19.5. The van der Waals surface area contributed by atoms with Crippen molar-refractivity contribution in [3.63, 3.8) is 0 Å². The molecule has 6 N–H and O–H groups in total. The number of nitro groups is 1. The van der Waals surface area contributed by atoms with Crippen LogP contribution < -0.4 is 16.5 Å². The summed E-state index contributed by atoms with van der Waals surface area (Å²) < 4.78 is 10.0. The molecule has 15 heteroatoms. The fourth-order valence-corrected chi connectivity index (χ4v) is 2.72. The Labute approximate surface area is 194 Å². The van der Waals surface area contributed by atoms with Crippen LogP contribution in [0.5, 0.6) is 0 Å². The van der Waals surface area contributed by atoms with Crippen LogP contribution in [0.4, 0.5) is 0 Å². The number of nitrogens with zero attached hydrogens (tertiary/aromatic N) is 2. The number of amides is 1. The van der Waals surface area contributed by atoms with Crippen molar-refractivity contribution in [2.75, 3.05) is 33.5 Å². The van der Waals surface area contributed by atoms with Gasteiger partial charge in [0.15, 0.2) is 10.8 Å². The summed E-state index contributed by atoms with van der Waals surface area (Å²) in [6.45, 7) is 4.25. The number of ketones is 1. The molecule has 13 nitrogen and oxygen atoms in total. The third kappa shape index (κ3) is 16.7. The van der Waals surface area contributed by atoms with Gasteiger partial charge in [0.25, 0.3) is 5.96 Å². The van der Waals surface area contributed by atoms with Gasteiger partial charge in [-0.15, -0.1) is 12.4 Å². The Bertz CT molecular complexity index is 597. The molecule has 0 saturated heterocycles. The number of aliphatic imine (C=N–C) groups is 1. The third-order valence-electron chi connectivity index (χ3n) is 4.15. The Morgan fingerprint density at radius 3 is 2.47 bits per heavy atom. The number of carbonyl (C=O) groups is 2. The predicted molar refractivity (Wildman–Crippen MR) is 120 cm³/mol. The molecule has 0 spiro atoms. The standard InChI is InChI=1S/C17H34BN5O8.ClH/c1-12(2)9-15(18(26)27)21-16(25)13(10-14(24)11-31-8-7-30-3)5-4-6-20-17(19)22-23(28)29;/h12-13,15,26-27H,4-11H2,1-3H3,(H,21,25)(H3,19,20,22);1H/t13-,15+;/m1./s1. The summed E-state index contributed by atoms with van der Waals surface area (Å²) in [5, 5.41) is 31.1. The molecule has 0 saturated carbocycles. The lowest BCUT2D eigenvalue weighted by molar-refractivity contribution is -0.525. The Morgan fingerprint density at radius 2 is 1.94 bits per heavy atom. The third-order valence-corrected chi connectivity index (χ3v) is 4.15. The molecule has 186 valence electrons. The molecule has 0 radical (unpaired) electrons. The number of Topliss-reactive ketones (excluding diaryl/α,β-unsaturated/α-hetero) is 1. The van der Waals surface area contributed by atoms with Crippen molar-refractivity contribution in [2.45, 2.75) is 45.5 Å². The van der Waals surface area contributed by atoms with Crippen molar-refractivity contribution in [2.24, 2.45) is 22.6 Å². The van der Waals surface area contributed by atoms with Gasteiger partial charge in [-0.25, -0.2) is 15.1 Å². The minimum Gasteiger partial charge on any atom is -0.426 e. The van der Waals surface area contributed by atoms with Gasteiger partial charge in [-0.2, -0.15) is 0 Å². The maximum Gasteiger partial charge on any atom is 0.475 e. The molecule has 0 heterocycles. The number of nitrogens with one attached hydrogen (secondary N) is 2. The summed E-state index contributed by atoms with van der Waals surface area (Å²) in [4.78, 5) is 39.0. The molecule has 0 bridgehead atoms. The molecule has 2 atom stereocenters. The molecular weight excluding hydrogens is 448 g/mol. The number of halogens is 1. The van der Waals surface area contributed by atoms with E-state index in [9.17, 15) is 29.8 Å². The molecule has 32 heavy (non-hydrogen) atoms.